The molecule has 142 valence electrons. The number of nitrogens with one attached hydrogen (secondary N) is 2. The van der Waals surface area contributed by atoms with Gasteiger partial charge in [0.05, 0.1) is 24.0 Å². The number of anilines is 2. The molecule has 2 amide bonds. The van der Waals surface area contributed by atoms with E-state index in [0.717, 1.165) is 5.56 Å². The SMILES string of the molecule is CC1Oc2ccc(NC(=O)c3cnn(Cc4ccccc4Cl)c3)cc2NC1=O. The lowest BCUT2D eigenvalue weighted by atomic mass is 10.2. The van der Waals surface area contributed by atoms with Crippen molar-refractivity contribution in [1.29, 1.82) is 0 Å². The minimum atomic E-state index is -0.545. The first-order chi connectivity index (χ1) is 13.5. The molecule has 4 rings (SSSR count). The first kappa shape index (κ1) is 18.1. The molecule has 0 saturated heterocycles. The lowest BCUT2D eigenvalue weighted by molar-refractivity contribution is -0.122. The fourth-order valence-corrected chi connectivity index (χ4v) is 3.05. The van der Waals surface area contributed by atoms with Crippen LogP contribution in [0, 0.1) is 0 Å². The Morgan fingerprint density at radius 3 is 2.96 bits per heavy atom. The third-order valence-corrected chi connectivity index (χ3v) is 4.72. The summed E-state index contributed by atoms with van der Waals surface area (Å²) >= 11 is 6.17. The molecule has 1 atom stereocenters. The number of rotatable bonds is 4. The third kappa shape index (κ3) is 3.70. The number of halogens is 1. The van der Waals surface area contributed by atoms with Crippen molar-refractivity contribution in [3.8, 4) is 5.75 Å². The standard InChI is InChI=1S/C20H17ClN4O3/c1-12-19(26)24-17-8-15(6-7-18(17)28-12)23-20(27)14-9-22-25(11-14)10-13-4-2-3-5-16(13)21/h2-9,11-12H,10H2,1H3,(H,23,27)(H,24,26). The van der Waals surface area contributed by atoms with Crippen LogP contribution in [-0.2, 0) is 11.3 Å². The van der Waals surface area contributed by atoms with Gasteiger partial charge in [0.1, 0.15) is 5.75 Å². The van der Waals surface area contributed by atoms with Gasteiger partial charge in [0.25, 0.3) is 11.8 Å². The van der Waals surface area contributed by atoms with E-state index in [2.05, 4.69) is 15.7 Å². The molecule has 2 heterocycles. The van der Waals surface area contributed by atoms with E-state index in [9.17, 15) is 9.59 Å². The summed E-state index contributed by atoms with van der Waals surface area (Å²) in [4.78, 5) is 24.3. The highest BCUT2D eigenvalue weighted by atomic mass is 35.5. The zero-order chi connectivity index (χ0) is 19.7. The summed E-state index contributed by atoms with van der Waals surface area (Å²) in [6.07, 6.45) is 2.61. The minimum Gasteiger partial charge on any atom is -0.479 e. The topological polar surface area (TPSA) is 85.2 Å². The molecule has 2 aromatic carbocycles. The molecule has 0 aliphatic carbocycles. The van der Waals surface area contributed by atoms with E-state index in [1.165, 1.54) is 6.20 Å². The maximum absolute atomic E-state index is 12.5. The largest absolute Gasteiger partial charge is 0.479 e. The van der Waals surface area contributed by atoms with Crippen molar-refractivity contribution < 1.29 is 14.3 Å². The lowest BCUT2D eigenvalue weighted by Gasteiger charge is -2.23. The smallest absolute Gasteiger partial charge is 0.265 e. The fourth-order valence-electron chi connectivity index (χ4n) is 2.86. The van der Waals surface area contributed by atoms with Crippen molar-refractivity contribution in [2.75, 3.05) is 10.6 Å². The maximum atomic E-state index is 12.5. The van der Waals surface area contributed by atoms with Crippen molar-refractivity contribution >= 4 is 34.8 Å². The molecule has 1 aliphatic heterocycles. The molecule has 0 bridgehead atoms. The second-order valence-corrected chi connectivity index (χ2v) is 6.84. The predicted molar refractivity (Wildman–Crippen MR) is 106 cm³/mol. The summed E-state index contributed by atoms with van der Waals surface area (Å²) in [7, 11) is 0. The number of benzene rings is 2. The molecule has 0 saturated carbocycles. The number of nitrogens with zero attached hydrogens (tertiary/aromatic N) is 2. The number of amides is 2. The van der Waals surface area contributed by atoms with Crippen LogP contribution in [0.25, 0.3) is 0 Å². The van der Waals surface area contributed by atoms with E-state index < -0.39 is 6.10 Å². The van der Waals surface area contributed by atoms with E-state index in [-0.39, 0.29) is 11.8 Å². The van der Waals surface area contributed by atoms with Gasteiger partial charge in [-0.25, -0.2) is 0 Å². The molecule has 0 spiro atoms. The Morgan fingerprint density at radius 2 is 2.14 bits per heavy atom. The maximum Gasteiger partial charge on any atom is 0.265 e. The Hall–Kier alpha value is -3.32. The first-order valence-corrected chi connectivity index (χ1v) is 9.06. The summed E-state index contributed by atoms with van der Waals surface area (Å²) in [6.45, 7) is 2.14. The van der Waals surface area contributed by atoms with Gasteiger partial charge in [-0.2, -0.15) is 5.10 Å². The normalized spacial score (nSPS) is 15.4. The number of aromatic nitrogens is 2. The first-order valence-electron chi connectivity index (χ1n) is 8.68. The van der Waals surface area contributed by atoms with Crippen LogP contribution in [0.2, 0.25) is 5.02 Å². The second-order valence-electron chi connectivity index (χ2n) is 6.43. The summed E-state index contributed by atoms with van der Waals surface area (Å²) in [5.41, 5.74) is 2.40. The molecular formula is C20H17ClN4O3. The van der Waals surface area contributed by atoms with Gasteiger partial charge in [-0.3, -0.25) is 14.3 Å². The number of ether oxygens (including phenoxy) is 1. The van der Waals surface area contributed by atoms with Crippen LogP contribution >= 0.6 is 11.6 Å². The van der Waals surface area contributed by atoms with Crippen LogP contribution in [0.3, 0.4) is 0 Å². The average molecular weight is 397 g/mol. The van der Waals surface area contributed by atoms with Crippen molar-refractivity contribution in [2.45, 2.75) is 19.6 Å². The van der Waals surface area contributed by atoms with Crippen LogP contribution in [0.15, 0.2) is 54.9 Å². The highest BCUT2D eigenvalue weighted by Gasteiger charge is 2.23. The molecule has 8 heteroatoms. The van der Waals surface area contributed by atoms with E-state index in [1.807, 2.05) is 24.3 Å². The number of carbonyl (C=O) groups excluding carboxylic acids is 2. The van der Waals surface area contributed by atoms with Crippen LogP contribution in [0.5, 0.6) is 5.75 Å². The van der Waals surface area contributed by atoms with Gasteiger partial charge < -0.3 is 15.4 Å². The monoisotopic (exact) mass is 396 g/mol. The van der Waals surface area contributed by atoms with Gasteiger partial charge in [0.15, 0.2) is 6.10 Å². The Labute approximate surface area is 166 Å². The number of hydrogen-bond acceptors (Lipinski definition) is 4. The Balaban J connectivity index is 1.46. The van der Waals surface area contributed by atoms with Gasteiger partial charge >= 0.3 is 0 Å². The second kappa shape index (κ2) is 7.36. The van der Waals surface area contributed by atoms with Gasteiger partial charge in [-0.1, -0.05) is 29.8 Å². The van der Waals surface area contributed by atoms with Gasteiger partial charge in [-0.15, -0.1) is 0 Å². The zero-order valence-electron chi connectivity index (χ0n) is 15.0. The Kier molecular flexibility index (Phi) is 4.75. The molecule has 1 aliphatic rings. The van der Waals surface area contributed by atoms with Gasteiger partial charge in [0, 0.05) is 16.9 Å². The van der Waals surface area contributed by atoms with Crippen molar-refractivity contribution in [3.05, 3.63) is 71.0 Å². The van der Waals surface area contributed by atoms with Crippen LogP contribution in [-0.4, -0.2) is 27.7 Å². The van der Waals surface area contributed by atoms with Crippen LogP contribution in [0.1, 0.15) is 22.8 Å². The summed E-state index contributed by atoms with van der Waals surface area (Å²) in [6, 6.07) is 12.6. The molecule has 2 N–H and O–H groups in total. The van der Waals surface area contributed by atoms with Gasteiger partial charge in [-0.05, 0) is 36.8 Å². The molecule has 0 fully saturated rings. The molecule has 28 heavy (non-hydrogen) atoms. The lowest BCUT2D eigenvalue weighted by Crippen LogP contribution is -2.34. The molecule has 7 nitrogen and oxygen atoms in total. The molecule has 1 unspecified atom stereocenters. The third-order valence-electron chi connectivity index (χ3n) is 4.35. The number of carbonyl (C=O) groups is 2. The van der Waals surface area contributed by atoms with Crippen molar-refractivity contribution in [2.24, 2.45) is 0 Å². The van der Waals surface area contributed by atoms with E-state index in [0.29, 0.717) is 34.3 Å². The number of fused-ring (bicyclic) bond motifs is 1. The summed E-state index contributed by atoms with van der Waals surface area (Å²) in [5.74, 6) is 0.0382. The summed E-state index contributed by atoms with van der Waals surface area (Å²) < 4.78 is 7.16. The van der Waals surface area contributed by atoms with Crippen LogP contribution < -0.4 is 15.4 Å². The summed E-state index contributed by atoms with van der Waals surface area (Å²) in [5, 5.41) is 10.4. The van der Waals surface area contributed by atoms with Crippen LogP contribution in [0.4, 0.5) is 11.4 Å². The van der Waals surface area contributed by atoms with Gasteiger partial charge in [0.2, 0.25) is 0 Å². The Morgan fingerprint density at radius 1 is 1.32 bits per heavy atom. The fraction of sp³-hybridized carbons (Fsp3) is 0.150. The van der Waals surface area contributed by atoms with E-state index in [1.54, 1.807) is 36.0 Å². The van der Waals surface area contributed by atoms with E-state index >= 15 is 0 Å². The van der Waals surface area contributed by atoms with E-state index in [4.69, 9.17) is 16.3 Å². The van der Waals surface area contributed by atoms with Crippen molar-refractivity contribution in [3.63, 3.8) is 0 Å². The highest BCUT2D eigenvalue weighted by molar-refractivity contribution is 6.31. The quantitative estimate of drug-likeness (QED) is 0.706. The molecule has 3 aromatic rings. The number of hydrogen-bond donors (Lipinski definition) is 2. The molecule has 0 radical (unpaired) electrons. The molecule has 1 aromatic heterocycles. The predicted octanol–water partition coefficient (Wildman–Crippen LogP) is 3.56. The minimum absolute atomic E-state index is 0.225. The highest BCUT2D eigenvalue weighted by Crippen LogP contribution is 2.32. The average Bonchev–Trinajstić information content (AvgIpc) is 3.14. The Bertz CT molecular complexity index is 1060. The zero-order valence-corrected chi connectivity index (χ0v) is 15.7. The van der Waals surface area contributed by atoms with Crippen molar-refractivity contribution in [1.82, 2.24) is 9.78 Å². The molecular weight excluding hydrogens is 380 g/mol.